The molecule has 1 aromatic rings. The fourth-order valence-electron chi connectivity index (χ4n) is 4.04. The van der Waals surface area contributed by atoms with Crippen molar-refractivity contribution >= 4 is 17.5 Å². The van der Waals surface area contributed by atoms with Crippen LogP contribution in [0.3, 0.4) is 0 Å². The van der Waals surface area contributed by atoms with Crippen LogP contribution in [0.15, 0.2) is 54.0 Å². The smallest absolute Gasteiger partial charge is 0.225 e. The minimum absolute atomic E-state index is 0.127. The molecule has 0 spiro atoms. The number of allylic oxidation sites excluding steroid dienone is 4. The number of carbonyl (C=O) groups is 1. The maximum absolute atomic E-state index is 12.6. The maximum Gasteiger partial charge on any atom is 0.225 e. The van der Waals surface area contributed by atoms with Gasteiger partial charge in [-0.25, -0.2) is 0 Å². The maximum atomic E-state index is 12.6. The molecular formula is C25H33ClN2O2. The number of ether oxygens (including phenoxy) is 1. The van der Waals surface area contributed by atoms with Crippen molar-refractivity contribution < 1.29 is 9.53 Å². The predicted molar refractivity (Wildman–Crippen MR) is 124 cm³/mol. The van der Waals surface area contributed by atoms with Crippen LogP contribution in [0.25, 0.3) is 0 Å². The second-order valence-corrected chi connectivity index (χ2v) is 8.72. The van der Waals surface area contributed by atoms with Crippen molar-refractivity contribution in [1.29, 1.82) is 0 Å². The van der Waals surface area contributed by atoms with Gasteiger partial charge in [-0.3, -0.25) is 4.79 Å². The first-order chi connectivity index (χ1) is 14.5. The third kappa shape index (κ3) is 5.91. The van der Waals surface area contributed by atoms with Crippen molar-refractivity contribution in [3.05, 3.63) is 64.5 Å². The number of halogens is 1. The number of hydrogen-bond donors (Lipinski definition) is 1. The van der Waals surface area contributed by atoms with Crippen molar-refractivity contribution in [3.63, 3.8) is 0 Å². The van der Waals surface area contributed by atoms with E-state index in [1.807, 2.05) is 55.2 Å². The van der Waals surface area contributed by atoms with E-state index < -0.39 is 0 Å². The van der Waals surface area contributed by atoms with E-state index in [2.05, 4.69) is 18.3 Å². The lowest BCUT2D eigenvalue weighted by atomic mass is 10.00. The van der Waals surface area contributed by atoms with Crippen LogP contribution in [0.1, 0.15) is 51.5 Å². The summed E-state index contributed by atoms with van der Waals surface area (Å²) in [7, 11) is 0. The summed E-state index contributed by atoms with van der Waals surface area (Å²) in [5, 5.41) is 4.41. The first-order valence-corrected chi connectivity index (χ1v) is 11.4. The van der Waals surface area contributed by atoms with Crippen LogP contribution in [-0.2, 0) is 4.79 Å². The van der Waals surface area contributed by atoms with Gasteiger partial charge in [0.25, 0.3) is 0 Å². The van der Waals surface area contributed by atoms with E-state index in [4.69, 9.17) is 16.3 Å². The summed E-state index contributed by atoms with van der Waals surface area (Å²) < 4.78 is 6.26. The SMILES string of the molecule is CCCC(C)C(=O)N1CCC(NC2=C(Oc3ccc(Cl)cc3C)C=CC=CC2)CC1. The average Bonchev–Trinajstić information content (AvgIpc) is 2.95. The molecule has 1 aliphatic carbocycles. The topological polar surface area (TPSA) is 41.6 Å². The van der Waals surface area contributed by atoms with Gasteiger partial charge in [0, 0.05) is 36.5 Å². The summed E-state index contributed by atoms with van der Waals surface area (Å²) in [6.07, 6.45) is 12.9. The number of nitrogens with one attached hydrogen (secondary N) is 1. The molecule has 30 heavy (non-hydrogen) atoms. The van der Waals surface area contributed by atoms with E-state index >= 15 is 0 Å². The van der Waals surface area contributed by atoms with E-state index in [0.717, 1.165) is 68.0 Å². The number of carbonyl (C=O) groups excluding carboxylic acids is 1. The third-order valence-corrected chi connectivity index (χ3v) is 6.03. The van der Waals surface area contributed by atoms with E-state index in [1.165, 1.54) is 0 Å². The lowest BCUT2D eigenvalue weighted by Gasteiger charge is -2.35. The highest BCUT2D eigenvalue weighted by molar-refractivity contribution is 6.30. The van der Waals surface area contributed by atoms with Crippen LogP contribution in [-0.4, -0.2) is 29.9 Å². The molecule has 5 heteroatoms. The number of likely N-dealkylation sites (tertiary alicyclic amines) is 1. The monoisotopic (exact) mass is 428 g/mol. The number of hydrogen-bond acceptors (Lipinski definition) is 3. The summed E-state index contributed by atoms with van der Waals surface area (Å²) in [4.78, 5) is 14.6. The van der Waals surface area contributed by atoms with Gasteiger partial charge in [0.05, 0.1) is 5.70 Å². The Balaban J connectivity index is 1.65. The Morgan fingerprint density at radius 1 is 1.30 bits per heavy atom. The summed E-state index contributed by atoms with van der Waals surface area (Å²) in [6.45, 7) is 7.81. The van der Waals surface area contributed by atoms with Crippen LogP contribution in [0, 0.1) is 12.8 Å². The standard InChI is InChI=1S/C25H33ClN2O2/c1-4-8-18(2)25(29)28-15-13-21(14-16-28)27-22-9-6-5-7-10-24(22)30-23-12-11-20(26)17-19(23)3/h5-7,10-12,17-18,21,27H,4,8-9,13-16H2,1-3H3. The number of piperidine rings is 1. The molecule has 1 heterocycles. The van der Waals surface area contributed by atoms with Gasteiger partial charge in [-0.05, 0) is 56.0 Å². The first-order valence-electron chi connectivity index (χ1n) is 11.0. The summed E-state index contributed by atoms with van der Waals surface area (Å²) in [5.41, 5.74) is 2.09. The van der Waals surface area contributed by atoms with E-state index in [9.17, 15) is 4.79 Å². The molecular weight excluding hydrogens is 396 g/mol. The molecule has 162 valence electrons. The van der Waals surface area contributed by atoms with Crippen LogP contribution >= 0.6 is 11.6 Å². The Bertz CT molecular complexity index is 836. The van der Waals surface area contributed by atoms with Crippen molar-refractivity contribution in [2.45, 2.75) is 58.9 Å². The van der Waals surface area contributed by atoms with Crippen molar-refractivity contribution in [3.8, 4) is 5.75 Å². The van der Waals surface area contributed by atoms with Gasteiger partial charge in [-0.2, -0.15) is 0 Å². The molecule has 1 aliphatic heterocycles. The molecule has 0 aromatic heterocycles. The Morgan fingerprint density at radius 3 is 2.77 bits per heavy atom. The van der Waals surface area contributed by atoms with Crippen molar-refractivity contribution in [2.24, 2.45) is 5.92 Å². The first kappa shape index (κ1) is 22.5. The van der Waals surface area contributed by atoms with E-state index in [1.54, 1.807) is 0 Å². The zero-order valence-electron chi connectivity index (χ0n) is 18.3. The Morgan fingerprint density at radius 2 is 2.07 bits per heavy atom. The molecule has 3 rings (SSSR count). The fourth-order valence-corrected chi connectivity index (χ4v) is 4.27. The van der Waals surface area contributed by atoms with Gasteiger partial charge >= 0.3 is 0 Å². The van der Waals surface area contributed by atoms with Crippen LogP contribution in [0.2, 0.25) is 5.02 Å². The largest absolute Gasteiger partial charge is 0.455 e. The van der Waals surface area contributed by atoms with Crippen LogP contribution in [0.4, 0.5) is 0 Å². The van der Waals surface area contributed by atoms with E-state index in [0.29, 0.717) is 17.0 Å². The lowest BCUT2D eigenvalue weighted by Crippen LogP contribution is -2.46. The number of nitrogens with zero attached hydrogens (tertiary/aromatic N) is 1. The summed E-state index contributed by atoms with van der Waals surface area (Å²) in [6, 6.07) is 6.02. The zero-order valence-corrected chi connectivity index (χ0v) is 19.0. The quantitative estimate of drug-likeness (QED) is 0.599. The van der Waals surface area contributed by atoms with Gasteiger partial charge < -0.3 is 15.0 Å². The highest BCUT2D eigenvalue weighted by atomic mass is 35.5. The summed E-state index contributed by atoms with van der Waals surface area (Å²) >= 11 is 6.08. The van der Waals surface area contributed by atoms with Gasteiger partial charge in [0.15, 0.2) is 0 Å². The third-order valence-electron chi connectivity index (χ3n) is 5.80. The Kier molecular flexibility index (Phi) is 8.03. The molecule has 1 fully saturated rings. The van der Waals surface area contributed by atoms with Crippen molar-refractivity contribution in [2.75, 3.05) is 13.1 Å². The molecule has 0 saturated carbocycles. The Labute approximate surface area is 185 Å². The predicted octanol–water partition coefficient (Wildman–Crippen LogP) is 5.77. The minimum atomic E-state index is 0.127. The molecule has 1 saturated heterocycles. The number of amides is 1. The van der Waals surface area contributed by atoms with Gasteiger partial charge in [0.1, 0.15) is 11.5 Å². The number of benzene rings is 1. The zero-order chi connectivity index (χ0) is 21.5. The Hall–Kier alpha value is -2.20. The molecule has 1 unspecified atom stereocenters. The molecule has 1 N–H and O–H groups in total. The number of rotatable bonds is 7. The normalized spacial score (nSPS) is 18.3. The van der Waals surface area contributed by atoms with Crippen LogP contribution < -0.4 is 10.1 Å². The van der Waals surface area contributed by atoms with Crippen molar-refractivity contribution in [1.82, 2.24) is 10.2 Å². The number of aryl methyl sites for hydroxylation is 1. The van der Waals surface area contributed by atoms with Crippen LogP contribution in [0.5, 0.6) is 5.75 Å². The molecule has 4 nitrogen and oxygen atoms in total. The molecule has 1 aromatic carbocycles. The minimum Gasteiger partial charge on any atom is -0.455 e. The second-order valence-electron chi connectivity index (χ2n) is 8.28. The molecule has 2 aliphatic rings. The highest BCUT2D eigenvalue weighted by Crippen LogP contribution is 2.26. The average molecular weight is 429 g/mol. The van der Waals surface area contributed by atoms with Gasteiger partial charge in [-0.1, -0.05) is 50.1 Å². The van der Waals surface area contributed by atoms with Gasteiger partial charge in [0.2, 0.25) is 5.91 Å². The highest BCUT2D eigenvalue weighted by Gasteiger charge is 2.26. The second kappa shape index (κ2) is 10.7. The fraction of sp³-hybridized carbons (Fsp3) is 0.480. The molecule has 1 atom stereocenters. The van der Waals surface area contributed by atoms with Gasteiger partial charge in [-0.15, -0.1) is 0 Å². The molecule has 0 radical (unpaired) electrons. The molecule has 0 bridgehead atoms. The lowest BCUT2D eigenvalue weighted by molar-refractivity contribution is -0.136. The molecule has 1 amide bonds. The summed E-state index contributed by atoms with van der Waals surface area (Å²) in [5.74, 6) is 2.07. The van der Waals surface area contributed by atoms with E-state index in [-0.39, 0.29) is 5.92 Å².